The highest BCUT2D eigenvalue weighted by Crippen LogP contribution is 2.39. The Balaban J connectivity index is 1.42. The van der Waals surface area contributed by atoms with Gasteiger partial charge in [-0.2, -0.15) is 0 Å². The molecule has 1 aromatic carbocycles. The lowest BCUT2D eigenvalue weighted by Crippen LogP contribution is -2.58. The number of nitrogens with zero attached hydrogens (tertiary/aromatic N) is 2. The molecule has 10 heteroatoms. The molecule has 1 aliphatic rings. The largest absolute Gasteiger partial charge is 0.473 e. The third kappa shape index (κ3) is 7.04. The Hall–Kier alpha value is -3.79. The van der Waals surface area contributed by atoms with Crippen molar-refractivity contribution in [1.82, 2.24) is 25.5 Å². The highest BCUT2D eigenvalue weighted by Gasteiger charge is 2.48. The van der Waals surface area contributed by atoms with Crippen molar-refractivity contribution in [3.05, 3.63) is 66.1 Å². The maximum Gasteiger partial charge on any atom is 0.247 e. The van der Waals surface area contributed by atoms with Crippen molar-refractivity contribution in [2.24, 2.45) is 5.92 Å². The van der Waals surface area contributed by atoms with Crippen LogP contribution in [0.1, 0.15) is 52.2 Å². The van der Waals surface area contributed by atoms with E-state index < -0.39 is 17.0 Å². The third-order valence-corrected chi connectivity index (χ3v) is 8.09. The van der Waals surface area contributed by atoms with E-state index in [9.17, 15) is 14.4 Å². The van der Waals surface area contributed by atoms with Gasteiger partial charge in [0, 0.05) is 48.3 Å². The number of ether oxygens (including phenoxy) is 1. The van der Waals surface area contributed by atoms with Crippen molar-refractivity contribution in [2.45, 2.75) is 64.6 Å². The Morgan fingerprint density at radius 3 is 2.70 bits per heavy atom. The predicted molar refractivity (Wildman–Crippen MR) is 158 cm³/mol. The zero-order valence-corrected chi connectivity index (χ0v) is 24.4. The van der Waals surface area contributed by atoms with Crippen LogP contribution >= 0.6 is 11.8 Å². The van der Waals surface area contributed by atoms with Gasteiger partial charge in [0.15, 0.2) is 0 Å². The van der Waals surface area contributed by atoms with Gasteiger partial charge in [-0.1, -0.05) is 44.2 Å². The second-order valence-corrected chi connectivity index (χ2v) is 12.4. The molecule has 0 spiro atoms. The molecule has 0 radical (unpaired) electrons. The molecule has 212 valence electrons. The molecule has 1 saturated heterocycles. The highest BCUT2D eigenvalue weighted by molar-refractivity contribution is 8.00. The zero-order valence-electron chi connectivity index (χ0n) is 23.6. The molecule has 2 aromatic heterocycles. The number of rotatable bonds is 10. The standard InChI is InChI=1S/C30H37N5O4S/c1-19(2)13-25(34-20(3)36)29(38)35-26(18-40-30(35,4)5)28(37)31-12-11-22-15-32-24-14-27(33-16-23(22)24)39-17-21-9-7-6-8-10-21/h6-12,14-16,19,25-26,32H,13,17-18H2,1-5H3,(H,31,37)(H,34,36)/b12-11-/t25-,26?/m1/s1. The van der Waals surface area contributed by atoms with Gasteiger partial charge in [-0.3, -0.25) is 14.4 Å². The van der Waals surface area contributed by atoms with Crippen LogP contribution in [0.2, 0.25) is 0 Å². The Kier molecular flexibility index (Phi) is 9.19. The van der Waals surface area contributed by atoms with E-state index in [2.05, 4.69) is 20.6 Å². The lowest BCUT2D eigenvalue weighted by atomic mass is 10.0. The summed E-state index contributed by atoms with van der Waals surface area (Å²) in [5, 5.41) is 6.52. The number of nitrogens with one attached hydrogen (secondary N) is 3. The molecule has 0 aliphatic carbocycles. The fraction of sp³-hybridized carbons (Fsp3) is 0.400. The molecule has 1 aliphatic heterocycles. The van der Waals surface area contributed by atoms with E-state index >= 15 is 0 Å². The van der Waals surface area contributed by atoms with Crippen molar-refractivity contribution >= 4 is 46.5 Å². The summed E-state index contributed by atoms with van der Waals surface area (Å²) in [5.74, 6) is 0.403. The Bertz CT molecular complexity index is 1390. The zero-order chi connectivity index (χ0) is 28.9. The van der Waals surface area contributed by atoms with Crippen LogP contribution < -0.4 is 15.4 Å². The van der Waals surface area contributed by atoms with Crippen molar-refractivity contribution in [1.29, 1.82) is 0 Å². The van der Waals surface area contributed by atoms with E-state index in [-0.39, 0.29) is 23.6 Å². The van der Waals surface area contributed by atoms with Gasteiger partial charge in [-0.05, 0) is 37.8 Å². The summed E-state index contributed by atoms with van der Waals surface area (Å²) in [4.78, 5) is 47.3. The van der Waals surface area contributed by atoms with E-state index in [4.69, 9.17) is 4.74 Å². The van der Waals surface area contributed by atoms with Crippen LogP contribution in [-0.4, -0.2) is 55.3 Å². The molecule has 0 bridgehead atoms. The number of carbonyl (C=O) groups is 3. The summed E-state index contributed by atoms with van der Waals surface area (Å²) in [7, 11) is 0. The average molecular weight is 564 g/mol. The molecule has 9 nitrogen and oxygen atoms in total. The van der Waals surface area contributed by atoms with Gasteiger partial charge in [0.1, 0.15) is 18.7 Å². The molecule has 3 N–H and O–H groups in total. The minimum Gasteiger partial charge on any atom is -0.473 e. The first kappa shape index (κ1) is 29.2. The lowest BCUT2D eigenvalue weighted by Gasteiger charge is -2.37. The molecular formula is C30H37N5O4S. The fourth-order valence-electron chi connectivity index (χ4n) is 4.80. The summed E-state index contributed by atoms with van der Waals surface area (Å²) >= 11 is 1.55. The fourth-order valence-corrected chi connectivity index (χ4v) is 6.02. The molecule has 40 heavy (non-hydrogen) atoms. The SMILES string of the molecule is CC(=O)N[C@H](CC(C)C)C(=O)N1C(C(=O)N/C=C\c2c[nH]c3cc(OCc4ccccc4)ncc23)CSC1(C)C. The second kappa shape index (κ2) is 12.6. The smallest absolute Gasteiger partial charge is 0.247 e. The Morgan fingerprint density at radius 2 is 2.00 bits per heavy atom. The molecular weight excluding hydrogens is 526 g/mol. The quantitative estimate of drug-likeness (QED) is 0.335. The van der Waals surface area contributed by atoms with Gasteiger partial charge in [0.05, 0.1) is 10.4 Å². The van der Waals surface area contributed by atoms with E-state index in [1.54, 1.807) is 35.1 Å². The number of aromatic amines is 1. The predicted octanol–water partition coefficient (Wildman–Crippen LogP) is 4.46. The Morgan fingerprint density at radius 1 is 1.25 bits per heavy atom. The van der Waals surface area contributed by atoms with Gasteiger partial charge >= 0.3 is 0 Å². The lowest BCUT2D eigenvalue weighted by molar-refractivity contribution is -0.144. The number of amides is 3. The number of benzene rings is 1. The van der Waals surface area contributed by atoms with Crippen LogP contribution in [0, 0.1) is 5.92 Å². The normalized spacial score (nSPS) is 17.4. The first-order valence-electron chi connectivity index (χ1n) is 13.4. The monoisotopic (exact) mass is 563 g/mol. The number of carbonyl (C=O) groups excluding carboxylic acids is 3. The summed E-state index contributed by atoms with van der Waals surface area (Å²) in [6, 6.07) is 10.4. The van der Waals surface area contributed by atoms with Crippen LogP contribution in [-0.2, 0) is 21.0 Å². The van der Waals surface area contributed by atoms with Gasteiger partial charge in [-0.25, -0.2) is 4.98 Å². The molecule has 1 unspecified atom stereocenters. The number of hydrogen-bond donors (Lipinski definition) is 3. The molecule has 2 atom stereocenters. The van der Waals surface area contributed by atoms with Gasteiger partial charge in [0.25, 0.3) is 0 Å². The van der Waals surface area contributed by atoms with Crippen molar-refractivity contribution < 1.29 is 19.1 Å². The molecule has 3 aromatic rings. The second-order valence-electron chi connectivity index (χ2n) is 10.8. The average Bonchev–Trinajstić information content (AvgIpc) is 3.46. The van der Waals surface area contributed by atoms with E-state index in [0.717, 1.165) is 22.0 Å². The van der Waals surface area contributed by atoms with Crippen LogP contribution in [0.25, 0.3) is 17.0 Å². The summed E-state index contributed by atoms with van der Waals surface area (Å²) in [6.45, 7) is 9.68. The van der Waals surface area contributed by atoms with E-state index in [0.29, 0.717) is 24.7 Å². The number of aromatic nitrogens is 2. The number of thioether (sulfide) groups is 1. The number of hydrogen-bond acceptors (Lipinski definition) is 6. The van der Waals surface area contributed by atoms with Gasteiger partial charge in [0.2, 0.25) is 23.6 Å². The van der Waals surface area contributed by atoms with E-state index in [1.807, 2.05) is 70.3 Å². The van der Waals surface area contributed by atoms with Crippen LogP contribution in [0.4, 0.5) is 0 Å². The maximum atomic E-state index is 13.6. The van der Waals surface area contributed by atoms with Crippen LogP contribution in [0.5, 0.6) is 5.88 Å². The molecule has 0 saturated carbocycles. The molecule has 3 heterocycles. The Labute approximate surface area is 239 Å². The summed E-state index contributed by atoms with van der Waals surface area (Å²) < 4.78 is 5.82. The summed E-state index contributed by atoms with van der Waals surface area (Å²) in [5.41, 5.74) is 2.78. The molecule has 1 fully saturated rings. The molecule has 3 amide bonds. The highest BCUT2D eigenvalue weighted by atomic mass is 32.2. The maximum absolute atomic E-state index is 13.6. The first-order valence-corrected chi connectivity index (χ1v) is 14.4. The van der Waals surface area contributed by atoms with Gasteiger partial charge in [-0.15, -0.1) is 11.8 Å². The van der Waals surface area contributed by atoms with Crippen molar-refractivity contribution in [2.75, 3.05) is 5.75 Å². The third-order valence-electron chi connectivity index (χ3n) is 6.70. The number of H-pyrrole nitrogens is 1. The number of pyridine rings is 1. The van der Waals surface area contributed by atoms with Crippen molar-refractivity contribution in [3.8, 4) is 5.88 Å². The first-order chi connectivity index (χ1) is 19.0. The van der Waals surface area contributed by atoms with Crippen molar-refractivity contribution in [3.63, 3.8) is 0 Å². The minimum absolute atomic E-state index is 0.201. The topological polar surface area (TPSA) is 116 Å². The molecule has 4 rings (SSSR count). The van der Waals surface area contributed by atoms with Gasteiger partial charge < -0.3 is 25.3 Å². The van der Waals surface area contributed by atoms with E-state index in [1.165, 1.54) is 6.92 Å². The number of fused-ring (bicyclic) bond motifs is 1. The van der Waals surface area contributed by atoms with Crippen LogP contribution in [0.15, 0.2) is 55.0 Å². The van der Waals surface area contributed by atoms with Crippen LogP contribution in [0.3, 0.4) is 0 Å². The minimum atomic E-state index is -0.679. The summed E-state index contributed by atoms with van der Waals surface area (Å²) in [6.07, 6.45) is 7.45.